The van der Waals surface area contributed by atoms with E-state index in [-0.39, 0.29) is 27.3 Å². The summed E-state index contributed by atoms with van der Waals surface area (Å²) in [6.45, 7) is 0.359. The van der Waals surface area contributed by atoms with Crippen molar-refractivity contribution >= 4 is 46.8 Å². The molecular weight excluding hydrogens is 297 g/mol. The summed E-state index contributed by atoms with van der Waals surface area (Å²) in [5.74, 6) is -0.704. The smallest absolute Gasteiger partial charge is 0.313 e. The minimum Gasteiger partial charge on any atom is -0.481 e. The first-order valence-corrected chi connectivity index (χ1v) is 6.95. The molecular formula is C11H11Cl2NO3S. The van der Waals surface area contributed by atoms with Crippen molar-refractivity contribution < 1.29 is 14.7 Å². The van der Waals surface area contributed by atoms with Crippen LogP contribution in [0, 0.1) is 0 Å². The van der Waals surface area contributed by atoms with Crippen LogP contribution in [-0.4, -0.2) is 35.0 Å². The fourth-order valence-electron chi connectivity index (χ4n) is 1.20. The summed E-state index contributed by atoms with van der Waals surface area (Å²) >= 11 is 13.0. The van der Waals surface area contributed by atoms with E-state index in [0.717, 1.165) is 0 Å². The van der Waals surface area contributed by atoms with Gasteiger partial charge in [-0.25, -0.2) is 0 Å². The second-order valence-corrected chi connectivity index (χ2v) is 5.22. The molecule has 1 rings (SSSR count). The number of amides is 1. The van der Waals surface area contributed by atoms with E-state index in [0.29, 0.717) is 12.3 Å². The molecule has 0 atom stereocenters. The third kappa shape index (κ3) is 4.76. The Morgan fingerprint density at radius 1 is 1.28 bits per heavy atom. The predicted molar refractivity (Wildman–Crippen MR) is 73.8 cm³/mol. The van der Waals surface area contributed by atoms with Crippen LogP contribution in [0.15, 0.2) is 18.2 Å². The first kappa shape index (κ1) is 15.1. The number of carboxylic acids is 1. The van der Waals surface area contributed by atoms with Gasteiger partial charge in [0.05, 0.1) is 21.4 Å². The Hall–Kier alpha value is -0.910. The van der Waals surface area contributed by atoms with Crippen LogP contribution >= 0.6 is 35.0 Å². The fraction of sp³-hybridized carbons (Fsp3) is 0.273. The standard InChI is InChI=1S/C11H11Cl2NO3S/c12-7-2-1-3-8(13)10(7)11(17)14-4-5-18-6-9(15)16/h1-3H,4-6H2,(H,14,17)(H,15,16). The number of carbonyl (C=O) groups excluding carboxylic acids is 1. The van der Waals surface area contributed by atoms with Crippen LogP contribution in [-0.2, 0) is 4.79 Å². The van der Waals surface area contributed by atoms with Gasteiger partial charge in [-0.3, -0.25) is 9.59 Å². The zero-order chi connectivity index (χ0) is 13.5. The van der Waals surface area contributed by atoms with E-state index in [9.17, 15) is 9.59 Å². The maximum absolute atomic E-state index is 11.8. The molecule has 0 heterocycles. The topological polar surface area (TPSA) is 66.4 Å². The first-order chi connectivity index (χ1) is 8.52. The zero-order valence-corrected chi connectivity index (χ0v) is 11.6. The predicted octanol–water partition coefficient (Wildman–Crippen LogP) is 2.54. The van der Waals surface area contributed by atoms with E-state index < -0.39 is 5.97 Å². The summed E-state index contributed by atoms with van der Waals surface area (Å²) in [6, 6.07) is 4.83. The van der Waals surface area contributed by atoms with Gasteiger partial charge in [-0.1, -0.05) is 29.3 Å². The number of halogens is 2. The average molecular weight is 308 g/mol. The molecule has 0 aliphatic heterocycles. The number of carbonyl (C=O) groups is 2. The Kier molecular flexibility index (Phi) is 6.32. The third-order valence-corrected chi connectivity index (χ3v) is 3.52. The maximum Gasteiger partial charge on any atom is 0.313 e. The summed E-state index contributed by atoms with van der Waals surface area (Å²) in [6.07, 6.45) is 0. The Balaban J connectivity index is 2.44. The lowest BCUT2D eigenvalue weighted by Crippen LogP contribution is -2.26. The lowest BCUT2D eigenvalue weighted by Gasteiger charge is -2.07. The van der Waals surface area contributed by atoms with Crippen LogP contribution in [0.2, 0.25) is 10.0 Å². The molecule has 0 fully saturated rings. The van der Waals surface area contributed by atoms with Crippen molar-refractivity contribution in [1.82, 2.24) is 5.32 Å². The highest BCUT2D eigenvalue weighted by molar-refractivity contribution is 7.99. The summed E-state index contributed by atoms with van der Waals surface area (Å²) < 4.78 is 0. The van der Waals surface area contributed by atoms with Crippen molar-refractivity contribution in [2.45, 2.75) is 0 Å². The second-order valence-electron chi connectivity index (χ2n) is 3.30. The van der Waals surface area contributed by atoms with Gasteiger partial charge in [-0.2, -0.15) is 0 Å². The molecule has 0 aromatic heterocycles. The molecule has 0 unspecified atom stereocenters. The molecule has 0 aliphatic carbocycles. The number of carboxylic acid groups (broad SMARTS) is 1. The van der Waals surface area contributed by atoms with Crippen LogP contribution in [0.1, 0.15) is 10.4 Å². The van der Waals surface area contributed by atoms with E-state index in [4.69, 9.17) is 28.3 Å². The molecule has 7 heteroatoms. The van der Waals surface area contributed by atoms with E-state index in [2.05, 4.69) is 5.32 Å². The molecule has 0 saturated heterocycles. The van der Waals surface area contributed by atoms with E-state index in [1.807, 2.05) is 0 Å². The number of hydrogen-bond donors (Lipinski definition) is 2. The third-order valence-electron chi connectivity index (χ3n) is 1.95. The van der Waals surface area contributed by atoms with Gasteiger partial charge in [0.2, 0.25) is 0 Å². The highest BCUT2D eigenvalue weighted by Gasteiger charge is 2.13. The summed E-state index contributed by atoms with van der Waals surface area (Å²) in [5, 5.41) is 11.6. The minimum absolute atomic E-state index is 0.0166. The summed E-state index contributed by atoms with van der Waals surface area (Å²) in [5.41, 5.74) is 0.240. The van der Waals surface area contributed by atoms with Gasteiger partial charge in [0.25, 0.3) is 5.91 Å². The van der Waals surface area contributed by atoms with Gasteiger partial charge in [0.1, 0.15) is 0 Å². The Morgan fingerprint density at radius 3 is 2.44 bits per heavy atom. The van der Waals surface area contributed by atoms with E-state index >= 15 is 0 Å². The molecule has 4 nitrogen and oxygen atoms in total. The molecule has 0 aliphatic rings. The van der Waals surface area contributed by atoms with E-state index in [1.54, 1.807) is 18.2 Å². The normalized spacial score (nSPS) is 10.1. The number of benzene rings is 1. The van der Waals surface area contributed by atoms with Crippen molar-refractivity contribution in [3.05, 3.63) is 33.8 Å². The molecule has 0 spiro atoms. The monoisotopic (exact) mass is 307 g/mol. The van der Waals surface area contributed by atoms with Gasteiger partial charge in [-0.05, 0) is 12.1 Å². The molecule has 2 N–H and O–H groups in total. The molecule has 0 radical (unpaired) electrons. The lowest BCUT2D eigenvalue weighted by atomic mass is 10.2. The Labute approximate surface area is 119 Å². The van der Waals surface area contributed by atoms with Gasteiger partial charge < -0.3 is 10.4 Å². The highest BCUT2D eigenvalue weighted by atomic mass is 35.5. The number of nitrogens with one attached hydrogen (secondary N) is 1. The van der Waals surface area contributed by atoms with Crippen LogP contribution < -0.4 is 5.32 Å². The second kappa shape index (κ2) is 7.51. The van der Waals surface area contributed by atoms with E-state index in [1.165, 1.54) is 11.8 Å². The van der Waals surface area contributed by atoms with Crippen molar-refractivity contribution in [2.24, 2.45) is 0 Å². The van der Waals surface area contributed by atoms with Gasteiger partial charge in [0, 0.05) is 12.3 Å². The molecule has 1 amide bonds. The molecule has 98 valence electrons. The van der Waals surface area contributed by atoms with Crippen LogP contribution in [0.4, 0.5) is 0 Å². The SMILES string of the molecule is O=C(O)CSCCNC(=O)c1c(Cl)cccc1Cl. The molecule has 1 aromatic rings. The van der Waals surface area contributed by atoms with Crippen molar-refractivity contribution in [3.63, 3.8) is 0 Å². The van der Waals surface area contributed by atoms with Gasteiger partial charge in [-0.15, -0.1) is 11.8 Å². The van der Waals surface area contributed by atoms with Crippen molar-refractivity contribution in [2.75, 3.05) is 18.1 Å². The van der Waals surface area contributed by atoms with Gasteiger partial charge >= 0.3 is 5.97 Å². The molecule has 0 saturated carbocycles. The molecule has 18 heavy (non-hydrogen) atoms. The first-order valence-electron chi connectivity index (χ1n) is 5.04. The quantitative estimate of drug-likeness (QED) is 0.793. The zero-order valence-electron chi connectivity index (χ0n) is 9.28. The number of thioether (sulfide) groups is 1. The lowest BCUT2D eigenvalue weighted by molar-refractivity contribution is -0.133. The maximum atomic E-state index is 11.8. The van der Waals surface area contributed by atoms with Crippen LogP contribution in [0.3, 0.4) is 0 Å². The number of aliphatic carboxylic acids is 1. The summed E-state index contributed by atoms with van der Waals surface area (Å²) in [7, 11) is 0. The van der Waals surface area contributed by atoms with Crippen molar-refractivity contribution in [1.29, 1.82) is 0 Å². The molecule has 0 bridgehead atoms. The largest absolute Gasteiger partial charge is 0.481 e. The summed E-state index contributed by atoms with van der Waals surface area (Å²) in [4.78, 5) is 22.0. The van der Waals surface area contributed by atoms with Crippen LogP contribution in [0.25, 0.3) is 0 Å². The number of rotatable bonds is 6. The molecule has 1 aromatic carbocycles. The average Bonchev–Trinajstić information content (AvgIpc) is 2.27. The highest BCUT2D eigenvalue weighted by Crippen LogP contribution is 2.23. The van der Waals surface area contributed by atoms with Gasteiger partial charge in [0.15, 0.2) is 0 Å². The van der Waals surface area contributed by atoms with Crippen molar-refractivity contribution in [3.8, 4) is 0 Å². The van der Waals surface area contributed by atoms with Crippen LogP contribution in [0.5, 0.6) is 0 Å². The minimum atomic E-state index is -0.875. The Morgan fingerprint density at radius 2 is 1.89 bits per heavy atom. The Bertz CT molecular complexity index is 434. The number of hydrogen-bond acceptors (Lipinski definition) is 3. The fourth-order valence-corrected chi connectivity index (χ4v) is 2.33.